The molecule has 0 saturated heterocycles. The van der Waals surface area contributed by atoms with Crippen molar-refractivity contribution in [1.29, 1.82) is 0 Å². The maximum absolute atomic E-state index is 13.3. The molecule has 0 bridgehead atoms. The van der Waals surface area contributed by atoms with Gasteiger partial charge in [0.2, 0.25) is 0 Å². The first-order chi connectivity index (χ1) is 7.65. The highest BCUT2D eigenvalue weighted by molar-refractivity contribution is 7.99. The number of hydrogen-bond acceptors (Lipinski definition) is 2. The van der Waals surface area contributed by atoms with Crippen LogP contribution in [0.5, 0.6) is 0 Å². The Morgan fingerprint density at radius 2 is 1.62 bits per heavy atom. The van der Waals surface area contributed by atoms with Crippen molar-refractivity contribution in [2.45, 2.75) is 14.7 Å². The fraction of sp³-hybridized carbons (Fsp3) is 0. The van der Waals surface area contributed by atoms with Crippen LogP contribution in [0.1, 0.15) is 0 Å². The van der Waals surface area contributed by atoms with Crippen molar-refractivity contribution >= 4 is 24.4 Å². The summed E-state index contributed by atoms with van der Waals surface area (Å²) >= 11 is 5.41. The van der Waals surface area contributed by atoms with Crippen molar-refractivity contribution in [3.8, 4) is 0 Å². The molecule has 2 aromatic rings. The third-order valence-corrected chi connectivity index (χ3v) is 3.32. The lowest BCUT2D eigenvalue weighted by Gasteiger charge is -2.03. The van der Waals surface area contributed by atoms with E-state index in [1.54, 1.807) is 0 Å². The van der Waals surface area contributed by atoms with Gasteiger partial charge in [-0.05, 0) is 36.4 Å². The summed E-state index contributed by atoms with van der Waals surface area (Å²) in [5.41, 5.74) is 0. The van der Waals surface area contributed by atoms with E-state index in [9.17, 15) is 8.78 Å². The number of thiol groups is 1. The second kappa shape index (κ2) is 4.89. The van der Waals surface area contributed by atoms with E-state index in [1.165, 1.54) is 23.9 Å². The summed E-state index contributed by atoms with van der Waals surface area (Å²) in [4.78, 5) is 2.15. The summed E-state index contributed by atoms with van der Waals surface area (Å²) in [6, 6.07) is 10.9. The molecule has 4 heteroatoms. The number of benzene rings is 2. The number of halogens is 2. The third-order valence-electron chi connectivity index (χ3n) is 1.96. The number of hydrogen-bond donors (Lipinski definition) is 1. The highest BCUT2D eigenvalue weighted by Crippen LogP contribution is 2.30. The Balaban J connectivity index is 2.23. The predicted molar refractivity (Wildman–Crippen MR) is 64.2 cm³/mol. The average molecular weight is 254 g/mol. The largest absolute Gasteiger partial charge is 0.207 e. The van der Waals surface area contributed by atoms with Crippen LogP contribution in [0.15, 0.2) is 57.2 Å². The Bertz CT molecular complexity index is 495. The summed E-state index contributed by atoms with van der Waals surface area (Å²) < 4.78 is 26.0. The second-order valence-electron chi connectivity index (χ2n) is 3.17. The Labute approximate surface area is 102 Å². The molecule has 2 rings (SSSR count). The molecule has 16 heavy (non-hydrogen) atoms. The SMILES string of the molecule is Fc1ccc(Sc2ccc(S)cc2)c(F)c1. The summed E-state index contributed by atoms with van der Waals surface area (Å²) in [5.74, 6) is -1.10. The highest BCUT2D eigenvalue weighted by Gasteiger charge is 2.05. The first-order valence-electron chi connectivity index (χ1n) is 4.57. The van der Waals surface area contributed by atoms with E-state index >= 15 is 0 Å². The van der Waals surface area contributed by atoms with Crippen LogP contribution in [0.3, 0.4) is 0 Å². The molecule has 0 amide bonds. The lowest BCUT2D eigenvalue weighted by atomic mass is 10.3. The van der Waals surface area contributed by atoms with Gasteiger partial charge in [-0.2, -0.15) is 0 Å². The molecule has 0 aliphatic heterocycles. The van der Waals surface area contributed by atoms with E-state index in [0.29, 0.717) is 4.90 Å². The Kier molecular flexibility index (Phi) is 3.51. The molecule has 0 heterocycles. The molecule has 0 aliphatic rings. The highest BCUT2D eigenvalue weighted by atomic mass is 32.2. The Morgan fingerprint density at radius 1 is 0.938 bits per heavy atom. The van der Waals surface area contributed by atoms with Gasteiger partial charge in [0.15, 0.2) is 0 Å². The van der Waals surface area contributed by atoms with E-state index in [0.717, 1.165) is 15.9 Å². The minimum absolute atomic E-state index is 0.410. The van der Waals surface area contributed by atoms with Crippen LogP contribution in [-0.2, 0) is 0 Å². The molecule has 0 aromatic heterocycles. The van der Waals surface area contributed by atoms with Gasteiger partial charge in [0.1, 0.15) is 11.6 Å². The lowest BCUT2D eigenvalue weighted by Crippen LogP contribution is -1.83. The van der Waals surface area contributed by atoms with E-state index in [2.05, 4.69) is 12.6 Å². The van der Waals surface area contributed by atoms with Crippen molar-refractivity contribution in [2.24, 2.45) is 0 Å². The normalized spacial score (nSPS) is 10.4. The van der Waals surface area contributed by atoms with E-state index < -0.39 is 11.6 Å². The van der Waals surface area contributed by atoms with Crippen molar-refractivity contribution in [3.05, 3.63) is 54.1 Å². The molecular formula is C12H8F2S2. The van der Waals surface area contributed by atoms with Crippen LogP contribution in [0, 0.1) is 11.6 Å². The van der Waals surface area contributed by atoms with Crippen LogP contribution in [0.2, 0.25) is 0 Å². The van der Waals surface area contributed by atoms with Gasteiger partial charge in [-0.1, -0.05) is 11.8 Å². The Morgan fingerprint density at radius 3 is 2.25 bits per heavy atom. The van der Waals surface area contributed by atoms with E-state index in [4.69, 9.17) is 0 Å². The molecule has 0 radical (unpaired) electrons. The minimum atomic E-state index is -0.562. The summed E-state index contributed by atoms with van der Waals surface area (Å²) in [5, 5.41) is 0. The van der Waals surface area contributed by atoms with Crippen molar-refractivity contribution in [1.82, 2.24) is 0 Å². The molecule has 0 saturated carbocycles. The van der Waals surface area contributed by atoms with Crippen LogP contribution in [-0.4, -0.2) is 0 Å². The minimum Gasteiger partial charge on any atom is -0.207 e. The molecule has 0 unspecified atom stereocenters. The van der Waals surface area contributed by atoms with Crippen molar-refractivity contribution in [2.75, 3.05) is 0 Å². The second-order valence-corrected chi connectivity index (χ2v) is 4.80. The van der Waals surface area contributed by atoms with Gasteiger partial charge in [0.05, 0.1) is 0 Å². The van der Waals surface area contributed by atoms with Crippen LogP contribution in [0.4, 0.5) is 8.78 Å². The number of rotatable bonds is 2. The van der Waals surface area contributed by atoms with Gasteiger partial charge in [-0.15, -0.1) is 12.6 Å². The molecule has 0 atom stereocenters. The zero-order chi connectivity index (χ0) is 11.5. The standard InChI is InChI=1S/C12H8F2S2/c13-8-1-6-12(11(14)7-8)16-10-4-2-9(15)3-5-10/h1-7,15H. The van der Waals surface area contributed by atoms with E-state index in [1.807, 2.05) is 24.3 Å². The summed E-state index contributed by atoms with van der Waals surface area (Å²) in [7, 11) is 0. The van der Waals surface area contributed by atoms with Crippen molar-refractivity contribution in [3.63, 3.8) is 0 Å². The van der Waals surface area contributed by atoms with Crippen LogP contribution < -0.4 is 0 Å². The van der Waals surface area contributed by atoms with E-state index in [-0.39, 0.29) is 0 Å². The third kappa shape index (κ3) is 2.77. The monoisotopic (exact) mass is 254 g/mol. The molecular weight excluding hydrogens is 246 g/mol. The van der Waals surface area contributed by atoms with Gasteiger partial charge in [-0.3, -0.25) is 0 Å². The van der Waals surface area contributed by atoms with Gasteiger partial charge < -0.3 is 0 Å². The van der Waals surface area contributed by atoms with Crippen LogP contribution in [0.25, 0.3) is 0 Å². The molecule has 0 aliphatic carbocycles. The first kappa shape index (κ1) is 11.5. The van der Waals surface area contributed by atoms with Gasteiger partial charge in [-0.25, -0.2) is 8.78 Å². The smallest absolute Gasteiger partial charge is 0.140 e. The molecule has 2 aromatic carbocycles. The Hall–Kier alpha value is -1.00. The quantitative estimate of drug-likeness (QED) is 0.775. The zero-order valence-corrected chi connectivity index (χ0v) is 9.86. The first-order valence-corrected chi connectivity index (χ1v) is 5.83. The maximum atomic E-state index is 13.3. The fourth-order valence-corrected chi connectivity index (χ4v) is 2.17. The van der Waals surface area contributed by atoms with Crippen molar-refractivity contribution < 1.29 is 8.78 Å². The maximum Gasteiger partial charge on any atom is 0.140 e. The fourth-order valence-electron chi connectivity index (χ4n) is 1.20. The van der Waals surface area contributed by atoms with Gasteiger partial charge >= 0.3 is 0 Å². The summed E-state index contributed by atoms with van der Waals surface area (Å²) in [6.45, 7) is 0. The zero-order valence-electron chi connectivity index (χ0n) is 8.15. The average Bonchev–Trinajstić information content (AvgIpc) is 2.25. The van der Waals surface area contributed by atoms with Crippen LogP contribution >= 0.6 is 24.4 Å². The predicted octanol–water partition coefficient (Wildman–Crippen LogP) is 4.40. The molecule has 0 spiro atoms. The molecule has 82 valence electrons. The molecule has 0 fully saturated rings. The van der Waals surface area contributed by atoms with Gasteiger partial charge in [0, 0.05) is 20.8 Å². The van der Waals surface area contributed by atoms with Gasteiger partial charge in [0.25, 0.3) is 0 Å². The summed E-state index contributed by atoms with van der Waals surface area (Å²) in [6.07, 6.45) is 0. The lowest BCUT2D eigenvalue weighted by molar-refractivity contribution is 0.565. The molecule has 0 nitrogen and oxygen atoms in total. The topological polar surface area (TPSA) is 0 Å². The molecule has 0 N–H and O–H groups in total.